The lowest BCUT2D eigenvalue weighted by Gasteiger charge is -2.06. The lowest BCUT2D eigenvalue weighted by molar-refractivity contribution is 0.822. The van der Waals surface area contributed by atoms with Gasteiger partial charge in [-0.1, -0.05) is 11.6 Å². The molecule has 2 aromatic rings. The van der Waals surface area contributed by atoms with Crippen molar-refractivity contribution in [2.45, 2.75) is 20.8 Å². The smallest absolute Gasteiger partial charge is 0.224 e. The first-order valence-electron chi connectivity index (χ1n) is 5.42. The maximum absolute atomic E-state index is 5.98. The third-order valence-electron chi connectivity index (χ3n) is 2.25. The summed E-state index contributed by atoms with van der Waals surface area (Å²) in [5, 5.41) is 8.00. The van der Waals surface area contributed by atoms with Crippen LogP contribution in [0, 0.1) is 13.8 Å². The van der Waals surface area contributed by atoms with Crippen molar-refractivity contribution in [2.24, 2.45) is 0 Å². The number of aryl methyl sites for hydroxylation is 2. The fourth-order valence-electron chi connectivity index (χ4n) is 1.46. The van der Waals surface area contributed by atoms with Gasteiger partial charge in [-0.3, -0.25) is 0 Å². The molecule has 2 heterocycles. The van der Waals surface area contributed by atoms with Gasteiger partial charge in [0.25, 0.3) is 0 Å². The van der Waals surface area contributed by atoms with Gasteiger partial charge in [-0.2, -0.15) is 10.1 Å². The number of anilines is 1. The summed E-state index contributed by atoms with van der Waals surface area (Å²) in [4.78, 5) is 8.65. The molecule has 0 atom stereocenters. The molecule has 0 bridgehead atoms. The Morgan fingerprint density at radius 2 is 2.12 bits per heavy atom. The second-order valence-electron chi connectivity index (χ2n) is 3.73. The van der Waals surface area contributed by atoms with Crippen molar-refractivity contribution >= 4 is 17.5 Å². The molecule has 0 fully saturated rings. The summed E-state index contributed by atoms with van der Waals surface area (Å²) >= 11 is 5.98. The highest BCUT2D eigenvalue weighted by molar-refractivity contribution is 6.31. The lowest BCUT2D eigenvalue weighted by atomic mass is 10.4. The number of aromatic nitrogens is 4. The Balaban J connectivity index is 2.44. The van der Waals surface area contributed by atoms with Crippen molar-refractivity contribution in [1.29, 1.82) is 0 Å². The largest absolute Gasteiger partial charge is 0.354 e. The van der Waals surface area contributed by atoms with E-state index >= 15 is 0 Å². The van der Waals surface area contributed by atoms with Crippen LogP contribution in [-0.2, 0) is 0 Å². The van der Waals surface area contributed by atoms with E-state index in [2.05, 4.69) is 20.4 Å². The summed E-state index contributed by atoms with van der Waals surface area (Å²) in [6.07, 6.45) is 1.74. The zero-order valence-electron chi connectivity index (χ0n) is 10.0. The summed E-state index contributed by atoms with van der Waals surface area (Å²) in [5.41, 5.74) is 1.67. The Hall–Kier alpha value is -1.62. The fraction of sp³-hybridized carbons (Fsp3) is 0.364. The van der Waals surface area contributed by atoms with E-state index < -0.39 is 0 Å². The average molecular weight is 252 g/mol. The Labute approximate surface area is 105 Å². The summed E-state index contributed by atoms with van der Waals surface area (Å²) in [6.45, 7) is 6.56. The van der Waals surface area contributed by atoms with Gasteiger partial charge < -0.3 is 5.32 Å². The summed E-state index contributed by atoms with van der Waals surface area (Å²) in [7, 11) is 0. The Morgan fingerprint density at radius 3 is 2.71 bits per heavy atom. The van der Waals surface area contributed by atoms with Crippen molar-refractivity contribution < 1.29 is 0 Å². The number of rotatable bonds is 3. The van der Waals surface area contributed by atoms with Crippen molar-refractivity contribution in [1.82, 2.24) is 19.7 Å². The first-order valence-corrected chi connectivity index (χ1v) is 5.79. The van der Waals surface area contributed by atoms with Crippen molar-refractivity contribution in [3.8, 4) is 5.82 Å². The fourth-order valence-corrected chi connectivity index (χ4v) is 1.59. The Morgan fingerprint density at radius 1 is 1.35 bits per heavy atom. The first kappa shape index (κ1) is 11.9. The van der Waals surface area contributed by atoms with E-state index in [4.69, 9.17) is 11.6 Å². The number of hydrogen-bond donors (Lipinski definition) is 1. The summed E-state index contributed by atoms with van der Waals surface area (Å²) in [5.74, 6) is 1.32. The standard InChI is InChI=1S/C11H14ClN5/c1-4-13-11-14-7(2)5-10(15-11)17-6-9(12)8(3)16-17/h5-6H,4H2,1-3H3,(H,13,14,15). The minimum absolute atomic E-state index is 0.603. The van der Waals surface area contributed by atoms with Gasteiger partial charge in [0.2, 0.25) is 5.95 Å². The SMILES string of the molecule is CCNc1nc(C)cc(-n2cc(Cl)c(C)n2)n1. The van der Waals surface area contributed by atoms with Gasteiger partial charge >= 0.3 is 0 Å². The molecule has 0 aromatic carbocycles. The number of nitrogens with zero attached hydrogens (tertiary/aromatic N) is 4. The van der Waals surface area contributed by atoms with Crippen molar-refractivity contribution in [2.75, 3.05) is 11.9 Å². The van der Waals surface area contributed by atoms with E-state index in [9.17, 15) is 0 Å². The quantitative estimate of drug-likeness (QED) is 0.910. The third kappa shape index (κ3) is 2.55. The van der Waals surface area contributed by atoms with E-state index in [1.165, 1.54) is 0 Å². The zero-order chi connectivity index (χ0) is 12.4. The minimum Gasteiger partial charge on any atom is -0.354 e. The Kier molecular flexibility index (Phi) is 3.28. The van der Waals surface area contributed by atoms with Crippen LogP contribution >= 0.6 is 11.6 Å². The highest BCUT2D eigenvalue weighted by atomic mass is 35.5. The van der Waals surface area contributed by atoms with Gasteiger partial charge in [0.1, 0.15) is 0 Å². The Bertz CT molecular complexity index is 515. The van der Waals surface area contributed by atoms with Gasteiger partial charge in [-0.15, -0.1) is 0 Å². The summed E-state index contributed by atoms with van der Waals surface area (Å²) in [6, 6.07) is 1.86. The van der Waals surface area contributed by atoms with E-state index in [0.717, 1.165) is 17.9 Å². The molecule has 2 aromatic heterocycles. The first-order chi connectivity index (χ1) is 8.10. The molecular formula is C11H14ClN5. The molecule has 1 N–H and O–H groups in total. The van der Waals surface area contributed by atoms with E-state index in [1.807, 2.05) is 26.8 Å². The zero-order valence-corrected chi connectivity index (χ0v) is 10.8. The molecule has 0 saturated heterocycles. The van der Waals surface area contributed by atoms with Gasteiger partial charge in [-0.05, 0) is 20.8 Å². The van der Waals surface area contributed by atoms with E-state index in [-0.39, 0.29) is 0 Å². The third-order valence-corrected chi connectivity index (χ3v) is 2.62. The molecule has 0 amide bonds. The molecule has 5 nitrogen and oxygen atoms in total. The predicted octanol–water partition coefficient (Wildman–Crippen LogP) is 2.36. The highest BCUT2D eigenvalue weighted by Crippen LogP contribution is 2.16. The van der Waals surface area contributed by atoms with E-state index in [0.29, 0.717) is 16.8 Å². The van der Waals surface area contributed by atoms with Crippen molar-refractivity contribution in [3.63, 3.8) is 0 Å². The van der Waals surface area contributed by atoms with E-state index in [1.54, 1.807) is 10.9 Å². The van der Waals surface area contributed by atoms with Crippen LogP contribution in [-0.4, -0.2) is 26.3 Å². The van der Waals surface area contributed by atoms with Gasteiger partial charge in [0.15, 0.2) is 5.82 Å². The minimum atomic E-state index is 0.603. The molecule has 0 spiro atoms. The van der Waals surface area contributed by atoms with Crippen LogP contribution < -0.4 is 5.32 Å². The lowest BCUT2D eigenvalue weighted by Crippen LogP contribution is -2.07. The molecule has 17 heavy (non-hydrogen) atoms. The number of nitrogens with one attached hydrogen (secondary N) is 1. The average Bonchev–Trinajstić information content (AvgIpc) is 2.59. The number of halogens is 1. The second-order valence-corrected chi connectivity index (χ2v) is 4.14. The maximum atomic E-state index is 5.98. The predicted molar refractivity (Wildman–Crippen MR) is 67.8 cm³/mol. The van der Waals surface area contributed by atoms with Crippen LogP contribution in [0.4, 0.5) is 5.95 Å². The van der Waals surface area contributed by atoms with Crippen LogP contribution in [0.15, 0.2) is 12.3 Å². The monoisotopic (exact) mass is 251 g/mol. The second kappa shape index (κ2) is 4.71. The number of hydrogen-bond acceptors (Lipinski definition) is 4. The van der Waals surface area contributed by atoms with Gasteiger partial charge in [0, 0.05) is 18.3 Å². The van der Waals surface area contributed by atoms with Gasteiger partial charge in [0.05, 0.1) is 16.9 Å². The topological polar surface area (TPSA) is 55.6 Å². The van der Waals surface area contributed by atoms with Crippen molar-refractivity contribution in [3.05, 3.63) is 28.7 Å². The molecule has 0 aliphatic carbocycles. The normalized spacial score (nSPS) is 10.6. The molecular weight excluding hydrogens is 238 g/mol. The van der Waals surface area contributed by atoms with Gasteiger partial charge in [-0.25, -0.2) is 9.67 Å². The van der Waals surface area contributed by atoms with Crippen LogP contribution in [0.2, 0.25) is 5.02 Å². The maximum Gasteiger partial charge on any atom is 0.224 e. The van der Waals surface area contributed by atoms with Crippen LogP contribution in [0.1, 0.15) is 18.3 Å². The molecule has 6 heteroatoms. The van der Waals surface area contributed by atoms with Crippen LogP contribution in [0.5, 0.6) is 0 Å². The molecule has 90 valence electrons. The highest BCUT2D eigenvalue weighted by Gasteiger charge is 2.07. The summed E-state index contributed by atoms with van der Waals surface area (Å²) < 4.78 is 1.66. The molecule has 0 unspecified atom stereocenters. The molecule has 0 aliphatic rings. The molecule has 0 radical (unpaired) electrons. The molecule has 0 aliphatic heterocycles. The molecule has 2 rings (SSSR count). The van der Waals surface area contributed by atoms with Crippen LogP contribution in [0.3, 0.4) is 0 Å². The molecule has 0 saturated carbocycles. The van der Waals surface area contributed by atoms with Crippen LogP contribution in [0.25, 0.3) is 5.82 Å².